The Bertz CT molecular complexity index is 864. The summed E-state index contributed by atoms with van der Waals surface area (Å²) in [6.45, 7) is 4.93. The third-order valence-corrected chi connectivity index (χ3v) is 9.74. The predicted octanol–water partition coefficient (Wildman–Crippen LogP) is 0.727. The van der Waals surface area contributed by atoms with Crippen molar-refractivity contribution in [3.8, 4) is 0 Å². The molecule has 278 valence electrons. The van der Waals surface area contributed by atoms with Crippen molar-refractivity contribution >= 4 is 71.1 Å². The number of rotatable bonds is 28. The summed E-state index contributed by atoms with van der Waals surface area (Å²) in [6, 6.07) is 0. The van der Waals surface area contributed by atoms with Gasteiger partial charge in [0.05, 0.1) is 80.1 Å². The molecule has 3 unspecified atom stereocenters. The van der Waals surface area contributed by atoms with Crippen molar-refractivity contribution in [3.63, 3.8) is 0 Å². The van der Waals surface area contributed by atoms with Crippen LogP contribution in [0.15, 0.2) is 0 Å². The molecular formula is C30H50O15S3. The number of esters is 6. The molecule has 3 atom stereocenters. The maximum Gasteiger partial charge on any atom is 0.315 e. The third kappa shape index (κ3) is 19.7. The fourth-order valence-electron chi connectivity index (χ4n) is 3.48. The monoisotopic (exact) mass is 746 g/mol. The molecule has 0 fully saturated rings. The van der Waals surface area contributed by atoms with E-state index < -0.39 is 78.8 Å². The van der Waals surface area contributed by atoms with Crippen molar-refractivity contribution in [1.82, 2.24) is 0 Å². The maximum atomic E-state index is 12.6. The van der Waals surface area contributed by atoms with Crippen molar-refractivity contribution in [3.05, 3.63) is 0 Å². The molecule has 0 aliphatic rings. The largest absolute Gasteiger partial charge is 0.466 e. The van der Waals surface area contributed by atoms with Gasteiger partial charge in [-0.25, -0.2) is 0 Å². The zero-order valence-electron chi connectivity index (χ0n) is 28.0. The normalized spacial score (nSPS) is 14.1. The van der Waals surface area contributed by atoms with Gasteiger partial charge >= 0.3 is 35.8 Å². The van der Waals surface area contributed by atoms with Crippen LogP contribution < -0.4 is 0 Å². The summed E-state index contributed by atoms with van der Waals surface area (Å²) in [7, 11) is 0. The fourth-order valence-corrected chi connectivity index (χ4v) is 6.16. The number of ether oxygens (including phenoxy) is 6. The summed E-state index contributed by atoms with van der Waals surface area (Å²) in [5.74, 6) is -6.18. The molecule has 0 aliphatic carbocycles. The highest BCUT2D eigenvalue weighted by molar-refractivity contribution is 8.00. The molecule has 0 bridgehead atoms. The molecule has 0 aliphatic heterocycles. The van der Waals surface area contributed by atoms with Gasteiger partial charge in [0, 0.05) is 17.3 Å². The van der Waals surface area contributed by atoms with E-state index in [0.717, 1.165) is 35.3 Å². The van der Waals surface area contributed by atoms with Gasteiger partial charge in [0.15, 0.2) is 0 Å². The number of carbonyl (C=O) groups is 6. The van der Waals surface area contributed by atoms with Gasteiger partial charge in [-0.05, 0) is 27.2 Å². The van der Waals surface area contributed by atoms with Crippen LogP contribution in [0.1, 0.15) is 34.1 Å². The first-order valence-electron chi connectivity index (χ1n) is 15.5. The van der Waals surface area contributed by atoms with E-state index in [1.807, 2.05) is 0 Å². The van der Waals surface area contributed by atoms with Gasteiger partial charge in [0.25, 0.3) is 0 Å². The van der Waals surface area contributed by atoms with Gasteiger partial charge in [-0.15, -0.1) is 35.3 Å². The molecule has 0 aromatic heterocycles. The summed E-state index contributed by atoms with van der Waals surface area (Å²) in [5.41, 5.74) is -1.13. The van der Waals surface area contributed by atoms with E-state index >= 15 is 0 Å². The molecule has 0 aromatic rings. The lowest BCUT2D eigenvalue weighted by Gasteiger charge is -2.31. The lowest BCUT2D eigenvalue weighted by Crippen LogP contribution is -2.39. The van der Waals surface area contributed by atoms with Crippen molar-refractivity contribution < 1.29 is 72.5 Å². The van der Waals surface area contributed by atoms with E-state index in [-0.39, 0.29) is 80.6 Å². The quantitative estimate of drug-likeness (QED) is 0.0742. The molecule has 18 heteroatoms. The second kappa shape index (κ2) is 27.6. The smallest absolute Gasteiger partial charge is 0.315 e. The number of thioether (sulfide) groups is 3. The molecule has 0 heterocycles. The molecule has 0 saturated heterocycles. The highest BCUT2D eigenvalue weighted by Crippen LogP contribution is 2.26. The Kier molecular flexibility index (Phi) is 26.3. The lowest BCUT2D eigenvalue weighted by atomic mass is 9.88. The predicted molar refractivity (Wildman–Crippen MR) is 179 cm³/mol. The third-order valence-electron chi connectivity index (χ3n) is 6.51. The van der Waals surface area contributed by atoms with Gasteiger partial charge < -0.3 is 43.7 Å². The van der Waals surface area contributed by atoms with Crippen LogP contribution in [0.25, 0.3) is 0 Å². The van der Waals surface area contributed by atoms with Crippen LogP contribution in [0.5, 0.6) is 0 Å². The summed E-state index contributed by atoms with van der Waals surface area (Å²) in [5, 5.41) is 28.3. The van der Waals surface area contributed by atoms with E-state index in [9.17, 15) is 44.1 Å². The summed E-state index contributed by atoms with van der Waals surface area (Å²) in [6.07, 6.45) is 0.259. The minimum atomic E-state index is -1.13. The summed E-state index contributed by atoms with van der Waals surface area (Å²) in [4.78, 5) is 73.3. The van der Waals surface area contributed by atoms with Crippen LogP contribution in [0, 0.1) is 23.2 Å². The second-order valence-electron chi connectivity index (χ2n) is 10.3. The standard InChI is InChI=1S/C30H50O15S3/c1-5-30(18-43-24(34)15-46-12-21(9-31)27(37)40-6-2,19-44-25(35)16-47-13-22(10-32)28(38)41-7-3)20-45-26(36)17-48-14-23(11-33)29(39)42-8-4/h21-23,31-33H,5-20H2,1-4H3. The zero-order valence-corrected chi connectivity index (χ0v) is 30.5. The van der Waals surface area contributed by atoms with Gasteiger partial charge in [-0.3, -0.25) is 28.8 Å². The van der Waals surface area contributed by atoms with Crippen LogP contribution in [0.4, 0.5) is 0 Å². The van der Waals surface area contributed by atoms with Crippen LogP contribution >= 0.6 is 35.3 Å². The Balaban J connectivity index is 5.30. The number of carbonyl (C=O) groups excluding carboxylic acids is 6. The summed E-state index contributed by atoms with van der Waals surface area (Å²) < 4.78 is 31.0. The second-order valence-corrected chi connectivity index (χ2v) is 13.4. The topological polar surface area (TPSA) is 218 Å². The Hall–Kier alpha value is -2.25. The first-order valence-corrected chi connectivity index (χ1v) is 18.9. The van der Waals surface area contributed by atoms with Gasteiger partial charge in [-0.2, -0.15) is 0 Å². The molecule has 3 N–H and O–H groups in total. The average Bonchev–Trinajstić information content (AvgIpc) is 3.07. The van der Waals surface area contributed by atoms with Crippen LogP contribution in [0.2, 0.25) is 0 Å². The minimum absolute atomic E-state index is 0.120. The number of aliphatic hydroxyl groups excluding tert-OH is 3. The van der Waals surface area contributed by atoms with E-state index in [2.05, 4.69) is 0 Å². The van der Waals surface area contributed by atoms with E-state index in [0.29, 0.717) is 0 Å². The Morgan fingerprint density at radius 1 is 0.500 bits per heavy atom. The van der Waals surface area contributed by atoms with Gasteiger partial charge in [0.1, 0.15) is 19.8 Å². The van der Waals surface area contributed by atoms with Crippen molar-refractivity contribution in [2.24, 2.45) is 23.2 Å². The van der Waals surface area contributed by atoms with E-state index in [4.69, 9.17) is 28.4 Å². The van der Waals surface area contributed by atoms with Crippen molar-refractivity contribution in [2.45, 2.75) is 34.1 Å². The highest BCUT2D eigenvalue weighted by Gasteiger charge is 2.34. The average molecular weight is 747 g/mol. The molecule has 48 heavy (non-hydrogen) atoms. The van der Waals surface area contributed by atoms with Crippen LogP contribution in [-0.2, 0) is 57.2 Å². The number of hydrogen-bond acceptors (Lipinski definition) is 18. The lowest BCUT2D eigenvalue weighted by molar-refractivity contribution is -0.159. The molecule has 0 radical (unpaired) electrons. The molecule has 0 spiro atoms. The molecule has 0 rings (SSSR count). The van der Waals surface area contributed by atoms with Crippen molar-refractivity contribution in [1.29, 1.82) is 0 Å². The molecule has 0 amide bonds. The first kappa shape index (κ1) is 45.8. The molecule has 0 saturated carbocycles. The Labute approximate surface area is 294 Å². The first-order chi connectivity index (χ1) is 23.0. The Morgan fingerprint density at radius 2 is 0.771 bits per heavy atom. The van der Waals surface area contributed by atoms with Gasteiger partial charge in [-0.1, -0.05) is 6.92 Å². The summed E-state index contributed by atoms with van der Waals surface area (Å²) >= 11 is 3.20. The molecule has 15 nitrogen and oxygen atoms in total. The highest BCUT2D eigenvalue weighted by atomic mass is 32.2. The fraction of sp³-hybridized carbons (Fsp3) is 0.800. The zero-order chi connectivity index (χ0) is 36.4. The van der Waals surface area contributed by atoms with Crippen LogP contribution in [0.3, 0.4) is 0 Å². The van der Waals surface area contributed by atoms with E-state index in [1.165, 1.54) is 0 Å². The Morgan fingerprint density at radius 3 is 0.979 bits per heavy atom. The van der Waals surface area contributed by atoms with E-state index in [1.54, 1.807) is 27.7 Å². The van der Waals surface area contributed by atoms with Crippen molar-refractivity contribution in [2.75, 3.05) is 94.0 Å². The number of aliphatic hydroxyl groups is 3. The molecule has 0 aromatic carbocycles. The maximum absolute atomic E-state index is 12.6. The SMILES string of the molecule is CCOC(=O)C(CO)CSCC(=O)OCC(CC)(COC(=O)CSCC(CO)C(=O)OCC)COC(=O)CSCC(CO)C(=O)OCC. The van der Waals surface area contributed by atoms with Crippen LogP contribution in [-0.4, -0.2) is 145 Å². The minimum Gasteiger partial charge on any atom is -0.466 e. The number of hydrogen-bond donors (Lipinski definition) is 3. The molecular weight excluding hydrogens is 697 g/mol. The van der Waals surface area contributed by atoms with Gasteiger partial charge in [0.2, 0.25) is 0 Å².